The maximum absolute atomic E-state index is 13.5. The van der Waals surface area contributed by atoms with Crippen molar-refractivity contribution >= 4 is 35.2 Å². The van der Waals surface area contributed by atoms with Gasteiger partial charge in [-0.2, -0.15) is 10.4 Å². The van der Waals surface area contributed by atoms with Crippen LogP contribution in [0, 0.1) is 66.6 Å². The van der Waals surface area contributed by atoms with Crippen molar-refractivity contribution < 1.29 is 19.2 Å². The molecule has 1 aliphatic carbocycles. The van der Waals surface area contributed by atoms with Gasteiger partial charge < -0.3 is 9.80 Å². The third-order valence-corrected chi connectivity index (χ3v) is 12.8. The second-order valence-electron chi connectivity index (χ2n) is 16.1. The molecular formula is C48H45ClN6O4. The van der Waals surface area contributed by atoms with Crippen molar-refractivity contribution in [1.29, 1.82) is 5.26 Å². The normalized spacial score (nSPS) is 20.5. The van der Waals surface area contributed by atoms with Gasteiger partial charge in [-0.15, -0.1) is 0 Å². The zero-order valence-corrected chi connectivity index (χ0v) is 34.1. The Hall–Kier alpha value is -6.15. The highest BCUT2D eigenvalue weighted by atomic mass is 35.5. The molecule has 8 rings (SSSR count). The Balaban J connectivity index is 0.799. The van der Waals surface area contributed by atoms with Gasteiger partial charge in [-0.3, -0.25) is 29.2 Å². The smallest absolute Gasteiger partial charge is 0.255 e. The standard InChI is InChI=1S/C48H45ClN6O4/c1-30-31(2)55(52-45(30)38-18-19-39(27-50)42(49)26-38)28-35-10-8-32(9-11-35)6-7-33-13-16-37(17-14-33)47(58)53-24-22-34(23-25-53)12-15-36-4-3-5-40-41(36)29-54(48(40)59)43-20-21-44(56)51-46(43)57/h3-5,8-11,18-19,26,33-34,37,43H,13-14,16-17,20-25,28-29H2,1-2H3,(H,51,56,57). The fourth-order valence-electron chi connectivity index (χ4n) is 8.74. The summed E-state index contributed by atoms with van der Waals surface area (Å²) >= 11 is 6.30. The van der Waals surface area contributed by atoms with E-state index in [1.54, 1.807) is 23.1 Å². The number of halogens is 1. The molecular weight excluding hydrogens is 760 g/mol. The van der Waals surface area contributed by atoms with Crippen molar-refractivity contribution in [1.82, 2.24) is 24.9 Å². The van der Waals surface area contributed by atoms with Gasteiger partial charge in [0.15, 0.2) is 0 Å². The lowest BCUT2D eigenvalue weighted by molar-refractivity contribution is -0.138. The second kappa shape index (κ2) is 17.0. The van der Waals surface area contributed by atoms with Gasteiger partial charge in [0, 0.05) is 71.8 Å². The number of nitrogens with one attached hydrogen (secondary N) is 1. The first-order valence-corrected chi connectivity index (χ1v) is 20.9. The third kappa shape index (κ3) is 8.40. The van der Waals surface area contributed by atoms with E-state index in [0.717, 1.165) is 83.3 Å². The molecule has 4 aliphatic rings. The fraction of sp³-hybridized carbons (Fsp3) is 0.375. The lowest BCUT2D eigenvalue weighted by Gasteiger charge is -2.34. The Morgan fingerprint density at radius 1 is 0.881 bits per heavy atom. The Kier molecular flexibility index (Phi) is 11.4. The maximum Gasteiger partial charge on any atom is 0.255 e. The molecule has 0 radical (unpaired) electrons. The summed E-state index contributed by atoms with van der Waals surface area (Å²) in [4.78, 5) is 54.4. The highest BCUT2D eigenvalue weighted by Crippen LogP contribution is 2.33. The molecule has 4 amide bonds. The first-order chi connectivity index (χ1) is 28.6. The predicted molar refractivity (Wildman–Crippen MR) is 223 cm³/mol. The van der Waals surface area contributed by atoms with Gasteiger partial charge in [0.05, 0.1) is 22.8 Å². The number of fused-ring (bicyclic) bond motifs is 1. The Bertz CT molecular complexity index is 2510. The molecule has 1 aromatic heterocycles. The number of amides is 4. The van der Waals surface area contributed by atoms with E-state index >= 15 is 0 Å². The summed E-state index contributed by atoms with van der Waals surface area (Å²) in [6.07, 6.45) is 5.70. The van der Waals surface area contributed by atoms with Crippen molar-refractivity contribution in [2.75, 3.05) is 13.1 Å². The van der Waals surface area contributed by atoms with E-state index in [2.05, 4.69) is 73.2 Å². The molecule has 0 spiro atoms. The van der Waals surface area contributed by atoms with Crippen LogP contribution in [0.5, 0.6) is 0 Å². The number of hydrogen-bond donors (Lipinski definition) is 1. The Morgan fingerprint density at radius 2 is 1.61 bits per heavy atom. The average Bonchev–Trinajstić information content (AvgIpc) is 3.73. The van der Waals surface area contributed by atoms with E-state index in [4.69, 9.17) is 16.7 Å². The van der Waals surface area contributed by atoms with Gasteiger partial charge >= 0.3 is 0 Å². The molecule has 3 fully saturated rings. The molecule has 59 heavy (non-hydrogen) atoms. The highest BCUT2D eigenvalue weighted by molar-refractivity contribution is 6.32. The van der Waals surface area contributed by atoms with Gasteiger partial charge in [0.25, 0.3) is 5.91 Å². The van der Waals surface area contributed by atoms with Crippen LogP contribution in [0.3, 0.4) is 0 Å². The number of benzene rings is 3. The van der Waals surface area contributed by atoms with Crippen molar-refractivity contribution in [2.24, 2.45) is 17.8 Å². The highest BCUT2D eigenvalue weighted by Gasteiger charge is 2.40. The largest absolute Gasteiger partial charge is 0.342 e. The van der Waals surface area contributed by atoms with E-state index < -0.39 is 11.9 Å². The molecule has 1 unspecified atom stereocenters. The summed E-state index contributed by atoms with van der Waals surface area (Å²) in [5.41, 5.74) is 8.62. The second-order valence-corrected chi connectivity index (χ2v) is 16.5. The molecule has 2 saturated heterocycles. The summed E-state index contributed by atoms with van der Waals surface area (Å²) in [7, 11) is 0. The van der Waals surface area contributed by atoms with Crippen LogP contribution in [0.4, 0.5) is 0 Å². The van der Waals surface area contributed by atoms with Crippen LogP contribution in [0.2, 0.25) is 5.02 Å². The van der Waals surface area contributed by atoms with Gasteiger partial charge in [-0.1, -0.05) is 59.5 Å². The van der Waals surface area contributed by atoms with E-state index in [-0.39, 0.29) is 41.9 Å². The zero-order chi connectivity index (χ0) is 41.2. The minimum atomic E-state index is -0.656. The lowest BCUT2D eigenvalue weighted by Crippen LogP contribution is -2.52. The predicted octanol–water partition coefficient (Wildman–Crippen LogP) is 6.95. The maximum atomic E-state index is 13.5. The monoisotopic (exact) mass is 804 g/mol. The van der Waals surface area contributed by atoms with Crippen LogP contribution >= 0.6 is 11.6 Å². The summed E-state index contributed by atoms with van der Waals surface area (Å²) in [5, 5.41) is 16.9. The van der Waals surface area contributed by atoms with Gasteiger partial charge in [-0.05, 0) is 112 Å². The summed E-state index contributed by atoms with van der Waals surface area (Å²) < 4.78 is 2.00. The quantitative estimate of drug-likeness (QED) is 0.172. The first-order valence-electron chi connectivity index (χ1n) is 20.5. The van der Waals surface area contributed by atoms with Crippen molar-refractivity contribution in [3.05, 3.63) is 110 Å². The van der Waals surface area contributed by atoms with E-state index in [1.165, 1.54) is 0 Å². The van der Waals surface area contributed by atoms with Crippen LogP contribution in [0.1, 0.15) is 101 Å². The van der Waals surface area contributed by atoms with Gasteiger partial charge in [0.2, 0.25) is 17.7 Å². The number of carbonyl (C=O) groups excluding carboxylic acids is 4. The average molecular weight is 805 g/mol. The van der Waals surface area contributed by atoms with Crippen LogP contribution in [0.25, 0.3) is 11.3 Å². The Labute approximate surface area is 349 Å². The molecule has 1 atom stereocenters. The van der Waals surface area contributed by atoms with E-state index in [1.807, 2.05) is 27.8 Å². The number of nitriles is 1. The Morgan fingerprint density at radius 3 is 2.32 bits per heavy atom. The molecule has 4 aromatic rings. The number of carbonyl (C=O) groups is 4. The molecule has 1 N–H and O–H groups in total. The van der Waals surface area contributed by atoms with Crippen molar-refractivity contribution in [3.8, 4) is 41.0 Å². The molecule has 1 saturated carbocycles. The number of nitrogens with zero attached hydrogens (tertiary/aromatic N) is 5. The molecule has 3 aliphatic heterocycles. The number of imide groups is 1. The van der Waals surface area contributed by atoms with Crippen molar-refractivity contribution in [3.63, 3.8) is 0 Å². The van der Waals surface area contributed by atoms with Crippen LogP contribution in [-0.4, -0.2) is 62.3 Å². The summed E-state index contributed by atoms with van der Waals surface area (Å²) in [6.45, 7) is 6.42. The number of hydrogen-bond acceptors (Lipinski definition) is 6. The number of piperidine rings is 2. The summed E-state index contributed by atoms with van der Waals surface area (Å²) in [6, 6.07) is 20.7. The number of rotatable bonds is 5. The minimum Gasteiger partial charge on any atom is -0.342 e. The van der Waals surface area contributed by atoms with Crippen molar-refractivity contribution in [2.45, 2.75) is 84.3 Å². The van der Waals surface area contributed by atoms with Gasteiger partial charge in [0.1, 0.15) is 12.1 Å². The number of likely N-dealkylation sites (tertiary alicyclic amines) is 1. The lowest BCUT2D eigenvalue weighted by atomic mass is 9.81. The molecule has 10 nitrogen and oxygen atoms in total. The van der Waals surface area contributed by atoms with Gasteiger partial charge in [-0.25, -0.2) is 0 Å². The molecule has 298 valence electrons. The fourth-order valence-corrected chi connectivity index (χ4v) is 8.96. The van der Waals surface area contributed by atoms with Crippen LogP contribution in [0.15, 0.2) is 60.7 Å². The van der Waals surface area contributed by atoms with Crippen LogP contribution in [-0.2, 0) is 27.5 Å². The summed E-state index contributed by atoms with van der Waals surface area (Å²) in [5.74, 6) is 13.4. The third-order valence-electron chi connectivity index (χ3n) is 12.5. The molecule has 4 heterocycles. The molecule has 0 bridgehead atoms. The van der Waals surface area contributed by atoms with E-state index in [0.29, 0.717) is 48.7 Å². The topological polar surface area (TPSA) is 128 Å². The zero-order valence-electron chi connectivity index (χ0n) is 33.3. The minimum absolute atomic E-state index is 0.0375. The molecule has 3 aromatic carbocycles. The van der Waals surface area contributed by atoms with Crippen LogP contribution < -0.4 is 5.32 Å². The number of aromatic nitrogens is 2. The SMILES string of the molecule is Cc1c(-c2ccc(C#N)c(Cl)c2)nn(Cc2ccc(C#CC3CCC(C(=O)N4CCC(C#Cc5cccc6c5CN(C5CCC(=O)NC5=O)C6=O)CC4)CC3)cc2)c1C. The molecule has 11 heteroatoms. The van der Waals surface area contributed by atoms with E-state index in [9.17, 15) is 24.4 Å². The first kappa shape index (κ1) is 39.7.